The molecule has 0 spiro atoms. The van der Waals surface area contributed by atoms with E-state index >= 15 is 0 Å². The van der Waals surface area contributed by atoms with Crippen LogP contribution in [0.4, 0.5) is 4.39 Å². The number of likely N-dealkylation sites (N-methyl/N-ethyl adjacent to an activating group) is 1. The zero-order chi connectivity index (χ0) is 14.4. The van der Waals surface area contributed by atoms with Gasteiger partial charge in [-0.3, -0.25) is 0 Å². The van der Waals surface area contributed by atoms with Crippen molar-refractivity contribution >= 4 is 0 Å². The smallest absolute Gasteiger partial charge is 0.126 e. The van der Waals surface area contributed by atoms with E-state index in [0.717, 1.165) is 18.5 Å². The van der Waals surface area contributed by atoms with E-state index in [1.54, 1.807) is 6.07 Å². The highest BCUT2D eigenvalue weighted by Crippen LogP contribution is 2.11. The van der Waals surface area contributed by atoms with Gasteiger partial charge in [-0.15, -0.1) is 0 Å². The Hall–Kier alpha value is -0.930. The molecule has 2 atom stereocenters. The van der Waals surface area contributed by atoms with Gasteiger partial charge in [-0.2, -0.15) is 0 Å². The first kappa shape index (κ1) is 16.1. The highest BCUT2D eigenvalue weighted by molar-refractivity contribution is 5.18. The number of halogens is 1. The minimum Gasteiger partial charge on any atom is -0.310 e. The molecule has 1 aromatic carbocycles. The van der Waals surface area contributed by atoms with Gasteiger partial charge < -0.3 is 10.2 Å². The maximum atomic E-state index is 13.6. The van der Waals surface area contributed by atoms with Crippen molar-refractivity contribution < 1.29 is 4.39 Å². The number of hydrogen-bond donors (Lipinski definition) is 1. The van der Waals surface area contributed by atoms with E-state index in [-0.39, 0.29) is 11.9 Å². The fraction of sp³-hybridized carbons (Fsp3) is 0.625. The first-order chi connectivity index (χ1) is 8.90. The van der Waals surface area contributed by atoms with Crippen LogP contribution in [0.15, 0.2) is 24.3 Å². The molecule has 0 saturated heterocycles. The van der Waals surface area contributed by atoms with Gasteiger partial charge in [0, 0.05) is 18.6 Å². The molecule has 3 heteroatoms. The van der Waals surface area contributed by atoms with E-state index in [2.05, 4.69) is 45.1 Å². The summed E-state index contributed by atoms with van der Waals surface area (Å²) in [6.07, 6.45) is 0.726. The van der Waals surface area contributed by atoms with Gasteiger partial charge in [0.05, 0.1) is 0 Å². The van der Waals surface area contributed by atoms with Crippen molar-refractivity contribution in [3.05, 3.63) is 35.6 Å². The summed E-state index contributed by atoms with van der Waals surface area (Å²) in [6, 6.07) is 7.72. The maximum Gasteiger partial charge on any atom is 0.126 e. The van der Waals surface area contributed by atoms with Crippen LogP contribution in [-0.2, 0) is 6.42 Å². The molecular formula is C16H27FN2. The molecule has 0 heterocycles. The monoisotopic (exact) mass is 266 g/mol. The number of benzene rings is 1. The summed E-state index contributed by atoms with van der Waals surface area (Å²) in [4.78, 5) is 2.19. The van der Waals surface area contributed by atoms with Crippen LogP contribution in [0.3, 0.4) is 0 Å². The lowest BCUT2D eigenvalue weighted by atomic mass is 10.0. The normalized spacial score (nSPS) is 14.9. The van der Waals surface area contributed by atoms with Crippen LogP contribution < -0.4 is 5.32 Å². The van der Waals surface area contributed by atoms with E-state index in [1.165, 1.54) is 6.07 Å². The predicted octanol–water partition coefficient (Wildman–Crippen LogP) is 2.93. The third-order valence-electron chi connectivity index (χ3n) is 3.35. The first-order valence-electron chi connectivity index (χ1n) is 7.04. The number of nitrogens with one attached hydrogen (secondary N) is 1. The summed E-state index contributed by atoms with van der Waals surface area (Å²) < 4.78 is 13.6. The van der Waals surface area contributed by atoms with E-state index in [0.29, 0.717) is 12.0 Å². The largest absolute Gasteiger partial charge is 0.310 e. The molecular weight excluding hydrogens is 239 g/mol. The van der Waals surface area contributed by atoms with Crippen molar-refractivity contribution in [3.8, 4) is 0 Å². The lowest BCUT2D eigenvalue weighted by Gasteiger charge is -2.29. The van der Waals surface area contributed by atoms with Crippen LogP contribution >= 0.6 is 0 Å². The molecule has 0 aliphatic rings. The highest BCUT2D eigenvalue weighted by Gasteiger charge is 2.17. The third-order valence-corrected chi connectivity index (χ3v) is 3.35. The van der Waals surface area contributed by atoms with Crippen molar-refractivity contribution in [1.29, 1.82) is 0 Å². The highest BCUT2D eigenvalue weighted by atomic mass is 19.1. The standard InChI is InChI=1S/C16H27FN2/c1-12(2)16(11-19(4)5)18-13(3)10-14-8-6-7-9-15(14)17/h6-9,12-13,16,18H,10-11H2,1-5H3. The average molecular weight is 266 g/mol. The van der Waals surface area contributed by atoms with E-state index in [1.807, 2.05) is 12.1 Å². The van der Waals surface area contributed by atoms with Crippen molar-refractivity contribution in [2.24, 2.45) is 5.92 Å². The average Bonchev–Trinajstić information content (AvgIpc) is 2.30. The Balaban J connectivity index is 2.57. The fourth-order valence-electron chi connectivity index (χ4n) is 2.27. The maximum absolute atomic E-state index is 13.6. The van der Waals surface area contributed by atoms with Gasteiger partial charge in [-0.1, -0.05) is 32.0 Å². The minimum atomic E-state index is -0.107. The lowest BCUT2D eigenvalue weighted by Crippen LogP contribution is -2.46. The van der Waals surface area contributed by atoms with Crippen LogP contribution in [0.5, 0.6) is 0 Å². The van der Waals surface area contributed by atoms with Gasteiger partial charge in [-0.25, -0.2) is 4.39 Å². The summed E-state index contributed by atoms with van der Waals surface area (Å²) in [5.74, 6) is 0.454. The molecule has 108 valence electrons. The van der Waals surface area contributed by atoms with Crippen LogP contribution in [-0.4, -0.2) is 37.6 Å². The van der Waals surface area contributed by atoms with E-state index in [9.17, 15) is 4.39 Å². The number of rotatable bonds is 7. The van der Waals surface area contributed by atoms with E-state index in [4.69, 9.17) is 0 Å². The first-order valence-corrected chi connectivity index (χ1v) is 7.04. The van der Waals surface area contributed by atoms with Gasteiger partial charge in [0.2, 0.25) is 0 Å². The molecule has 1 rings (SSSR count). The Morgan fingerprint density at radius 1 is 1.16 bits per heavy atom. The lowest BCUT2D eigenvalue weighted by molar-refractivity contribution is 0.271. The number of nitrogens with zero attached hydrogens (tertiary/aromatic N) is 1. The molecule has 19 heavy (non-hydrogen) atoms. The summed E-state index contributed by atoms with van der Waals surface area (Å²) in [6.45, 7) is 7.56. The fourth-order valence-corrected chi connectivity index (χ4v) is 2.27. The molecule has 0 aliphatic heterocycles. The molecule has 2 nitrogen and oxygen atoms in total. The predicted molar refractivity (Wildman–Crippen MR) is 79.9 cm³/mol. The van der Waals surface area contributed by atoms with Gasteiger partial charge in [0.25, 0.3) is 0 Å². The molecule has 0 aromatic heterocycles. The van der Waals surface area contributed by atoms with Gasteiger partial charge >= 0.3 is 0 Å². The molecule has 1 N–H and O–H groups in total. The summed E-state index contributed by atoms with van der Waals surface area (Å²) >= 11 is 0. The minimum absolute atomic E-state index is 0.107. The van der Waals surface area contributed by atoms with Crippen molar-refractivity contribution in [2.75, 3.05) is 20.6 Å². The molecule has 0 radical (unpaired) electrons. The quantitative estimate of drug-likeness (QED) is 0.816. The Labute approximate surface area is 117 Å². The second kappa shape index (κ2) is 7.61. The van der Waals surface area contributed by atoms with Crippen LogP contribution in [0.1, 0.15) is 26.3 Å². The van der Waals surface area contributed by atoms with E-state index < -0.39 is 0 Å². The zero-order valence-corrected chi connectivity index (χ0v) is 12.8. The molecule has 0 aliphatic carbocycles. The molecule has 1 aromatic rings. The van der Waals surface area contributed by atoms with Crippen molar-refractivity contribution in [2.45, 2.75) is 39.3 Å². The van der Waals surface area contributed by atoms with Gasteiger partial charge in [-0.05, 0) is 45.0 Å². The second-order valence-corrected chi connectivity index (χ2v) is 5.98. The van der Waals surface area contributed by atoms with Gasteiger partial charge in [0.1, 0.15) is 5.82 Å². The Morgan fingerprint density at radius 2 is 1.79 bits per heavy atom. The second-order valence-electron chi connectivity index (χ2n) is 5.98. The SMILES string of the molecule is CC(Cc1ccccc1F)NC(CN(C)C)C(C)C. The van der Waals surface area contributed by atoms with Crippen LogP contribution in [0, 0.1) is 11.7 Å². The zero-order valence-electron chi connectivity index (χ0n) is 12.8. The topological polar surface area (TPSA) is 15.3 Å². The molecule has 0 saturated carbocycles. The molecule has 0 bridgehead atoms. The Bertz CT molecular complexity index is 377. The summed E-state index contributed by atoms with van der Waals surface area (Å²) in [5, 5.41) is 3.62. The molecule has 0 fully saturated rings. The Kier molecular flexibility index (Phi) is 6.46. The third kappa shape index (κ3) is 5.70. The number of hydrogen-bond acceptors (Lipinski definition) is 2. The van der Waals surface area contributed by atoms with Crippen molar-refractivity contribution in [3.63, 3.8) is 0 Å². The van der Waals surface area contributed by atoms with Crippen LogP contribution in [0.2, 0.25) is 0 Å². The van der Waals surface area contributed by atoms with Gasteiger partial charge in [0.15, 0.2) is 0 Å². The van der Waals surface area contributed by atoms with Crippen molar-refractivity contribution in [1.82, 2.24) is 10.2 Å². The molecule has 2 unspecified atom stereocenters. The summed E-state index contributed by atoms with van der Waals surface area (Å²) in [7, 11) is 4.16. The summed E-state index contributed by atoms with van der Waals surface area (Å²) in [5.41, 5.74) is 0.787. The molecule has 0 amide bonds. The van der Waals surface area contributed by atoms with Crippen LogP contribution in [0.25, 0.3) is 0 Å². The Morgan fingerprint density at radius 3 is 2.32 bits per heavy atom.